The molecule has 2 unspecified atom stereocenters. The number of hydrogen-bond donors (Lipinski definition) is 3. The maximum absolute atomic E-state index is 13.0. The van der Waals surface area contributed by atoms with Gasteiger partial charge in [-0.3, -0.25) is 9.88 Å². The van der Waals surface area contributed by atoms with E-state index < -0.39 is 23.6 Å². The zero-order chi connectivity index (χ0) is 27.2. The number of carboxylic acids is 2. The number of ether oxygens (including phenoxy) is 1. The lowest BCUT2D eigenvalue weighted by molar-refractivity contribution is -0.149. The summed E-state index contributed by atoms with van der Waals surface area (Å²) in [5.41, 5.74) is 1.46. The molecule has 194 valence electrons. The van der Waals surface area contributed by atoms with Gasteiger partial charge in [0.05, 0.1) is 11.4 Å². The number of nitrogens with zero attached hydrogens (tertiary/aromatic N) is 4. The summed E-state index contributed by atoms with van der Waals surface area (Å²) in [6.07, 6.45) is -1.59. The number of benzene rings is 2. The number of hydrogen-bond acceptors (Lipinski definition) is 7. The first-order chi connectivity index (χ1) is 18.1. The maximum Gasteiger partial charge on any atom is 0.356 e. The van der Waals surface area contributed by atoms with Gasteiger partial charge >= 0.3 is 17.9 Å². The molecule has 0 aliphatic carbocycles. The largest absolute Gasteiger partial charge is 0.478 e. The number of carboxylic acid groups (broad SMARTS) is 2. The SMILES string of the molecule is Cc1cc(C)nc(OC(C(=O)O)C2(c3ccccc3)NCc3c(C(=O)O)nc(C)n3-c3ccc(Cl)cc32)n1. The zero-order valence-electron chi connectivity index (χ0n) is 20.8. The molecule has 2 aromatic heterocycles. The number of aromatic nitrogens is 4. The summed E-state index contributed by atoms with van der Waals surface area (Å²) in [5.74, 6) is -2.05. The summed E-state index contributed by atoms with van der Waals surface area (Å²) in [4.78, 5) is 38.0. The van der Waals surface area contributed by atoms with E-state index in [1.54, 1.807) is 73.9 Å². The molecule has 10 nitrogen and oxygen atoms in total. The predicted octanol–water partition coefficient (Wildman–Crippen LogP) is 3.82. The van der Waals surface area contributed by atoms with Crippen molar-refractivity contribution in [3.8, 4) is 11.7 Å². The maximum atomic E-state index is 13.0. The molecule has 3 N–H and O–H groups in total. The van der Waals surface area contributed by atoms with Crippen molar-refractivity contribution in [2.45, 2.75) is 39.0 Å². The van der Waals surface area contributed by atoms with Crippen molar-refractivity contribution in [1.82, 2.24) is 24.8 Å². The van der Waals surface area contributed by atoms with Crippen LogP contribution in [0.1, 0.15) is 44.5 Å². The number of imidazole rings is 1. The van der Waals surface area contributed by atoms with Gasteiger partial charge in [-0.2, -0.15) is 0 Å². The van der Waals surface area contributed by atoms with Crippen LogP contribution < -0.4 is 10.1 Å². The fourth-order valence-electron chi connectivity index (χ4n) is 5.09. The average Bonchev–Trinajstić information content (AvgIpc) is 3.12. The van der Waals surface area contributed by atoms with Crippen LogP contribution >= 0.6 is 11.6 Å². The van der Waals surface area contributed by atoms with Gasteiger partial charge in [0.1, 0.15) is 11.4 Å². The number of aromatic carboxylic acids is 1. The van der Waals surface area contributed by atoms with Crippen molar-refractivity contribution in [2.75, 3.05) is 0 Å². The highest BCUT2D eigenvalue weighted by atomic mass is 35.5. The van der Waals surface area contributed by atoms with Crippen LogP contribution in [0.5, 0.6) is 6.01 Å². The number of fused-ring (bicyclic) bond motifs is 3. The van der Waals surface area contributed by atoms with Gasteiger partial charge in [-0.1, -0.05) is 41.9 Å². The van der Waals surface area contributed by atoms with E-state index in [9.17, 15) is 19.8 Å². The molecule has 0 bridgehead atoms. The van der Waals surface area contributed by atoms with Crippen molar-refractivity contribution in [1.29, 1.82) is 0 Å². The standard InChI is InChI=1S/C27H24ClN5O5/c1-14-11-15(2)31-26(30-14)38-23(25(36)37)27(17-7-5-4-6-8-17)19-12-18(28)9-10-20(19)33-16(3)32-22(24(34)35)21(33)13-29-27/h4-12,23,29H,13H2,1-3H3,(H,34,35)(H,36,37). The lowest BCUT2D eigenvalue weighted by atomic mass is 9.77. The molecule has 0 amide bonds. The second-order valence-corrected chi connectivity index (χ2v) is 9.49. The molecular formula is C27H24ClN5O5. The molecule has 0 saturated heterocycles. The number of aryl methyl sites for hydroxylation is 3. The number of halogens is 1. The van der Waals surface area contributed by atoms with Gasteiger partial charge in [-0.05, 0) is 50.6 Å². The van der Waals surface area contributed by atoms with Crippen molar-refractivity contribution < 1.29 is 24.5 Å². The smallest absolute Gasteiger partial charge is 0.356 e. The molecule has 11 heteroatoms. The van der Waals surface area contributed by atoms with Crippen LogP contribution in [0.3, 0.4) is 0 Å². The van der Waals surface area contributed by atoms with Gasteiger partial charge in [0.15, 0.2) is 5.69 Å². The van der Waals surface area contributed by atoms with Gasteiger partial charge in [-0.25, -0.2) is 24.5 Å². The summed E-state index contributed by atoms with van der Waals surface area (Å²) in [5, 5.41) is 24.2. The monoisotopic (exact) mass is 533 g/mol. The van der Waals surface area contributed by atoms with Crippen LogP contribution in [-0.4, -0.2) is 47.8 Å². The first kappa shape index (κ1) is 25.4. The van der Waals surface area contributed by atoms with Gasteiger partial charge in [-0.15, -0.1) is 0 Å². The Morgan fingerprint density at radius 3 is 2.34 bits per heavy atom. The van der Waals surface area contributed by atoms with E-state index in [-0.39, 0.29) is 18.2 Å². The van der Waals surface area contributed by atoms with Gasteiger partial charge in [0, 0.05) is 28.5 Å². The third-order valence-electron chi connectivity index (χ3n) is 6.53. The van der Waals surface area contributed by atoms with Gasteiger partial charge < -0.3 is 14.9 Å². The predicted molar refractivity (Wildman–Crippen MR) is 138 cm³/mol. The molecule has 2 aromatic carbocycles. The van der Waals surface area contributed by atoms with E-state index in [0.29, 0.717) is 44.7 Å². The highest BCUT2D eigenvalue weighted by Gasteiger charge is 2.51. The van der Waals surface area contributed by atoms with E-state index in [1.165, 1.54) is 0 Å². The molecule has 0 saturated carbocycles. The first-order valence-corrected chi connectivity index (χ1v) is 12.1. The average molecular weight is 534 g/mol. The Labute approximate surface area is 222 Å². The second kappa shape index (κ2) is 9.55. The summed E-state index contributed by atoms with van der Waals surface area (Å²) in [7, 11) is 0. The summed E-state index contributed by atoms with van der Waals surface area (Å²) in [6, 6.07) is 15.7. The van der Waals surface area contributed by atoms with Crippen LogP contribution in [0, 0.1) is 20.8 Å². The minimum absolute atomic E-state index is 0.0372. The molecule has 1 aliphatic rings. The van der Waals surface area contributed by atoms with Gasteiger partial charge in [0.25, 0.3) is 0 Å². The highest BCUT2D eigenvalue weighted by Crippen LogP contribution is 2.42. The summed E-state index contributed by atoms with van der Waals surface area (Å²) in [6.45, 7) is 5.18. The van der Waals surface area contributed by atoms with Gasteiger partial charge in [0.2, 0.25) is 6.10 Å². The van der Waals surface area contributed by atoms with Crippen molar-refractivity contribution in [3.63, 3.8) is 0 Å². The molecule has 1 aliphatic heterocycles. The fraction of sp³-hybridized carbons (Fsp3) is 0.222. The number of aliphatic carboxylic acids is 1. The quantitative estimate of drug-likeness (QED) is 0.337. The Morgan fingerprint density at radius 2 is 1.71 bits per heavy atom. The lowest BCUT2D eigenvalue weighted by Crippen LogP contribution is -2.58. The summed E-state index contributed by atoms with van der Waals surface area (Å²) >= 11 is 6.49. The number of carbonyl (C=O) groups is 2. The first-order valence-electron chi connectivity index (χ1n) is 11.8. The molecule has 38 heavy (non-hydrogen) atoms. The van der Waals surface area contributed by atoms with E-state index in [2.05, 4.69) is 20.3 Å². The Morgan fingerprint density at radius 1 is 1.03 bits per heavy atom. The minimum Gasteiger partial charge on any atom is -0.478 e. The fourth-order valence-corrected chi connectivity index (χ4v) is 5.26. The van der Waals surface area contributed by atoms with E-state index in [4.69, 9.17) is 16.3 Å². The summed E-state index contributed by atoms with van der Waals surface area (Å²) < 4.78 is 7.81. The molecular weight excluding hydrogens is 510 g/mol. The van der Waals surface area contributed by atoms with Crippen LogP contribution in [0.4, 0.5) is 0 Å². The minimum atomic E-state index is -1.59. The molecule has 2 atom stereocenters. The Balaban J connectivity index is 1.84. The highest BCUT2D eigenvalue weighted by molar-refractivity contribution is 6.30. The van der Waals surface area contributed by atoms with Crippen LogP contribution in [-0.2, 0) is 16.9 Å². The molecule has 4 aromatic rings. The van der Waals surface area contributed by atoms with Crippen molar-refractivity contribution in [2.24, 2.45) is 0 Å². The van der Waals surface area contributed by atoms with Crippen LogP contribution in [0.15, 0.2) is 54.6 Å². The number of rotatable bonds is 6. The molecule has 3 heterocycles. The van der Waals surface area contributed by atoms with E-state index in [1.807, 2.05) is 6.07 Å². The Bertz CT molecular complexity index is 1550. The molecule has 0 fully saturated rings. The van der Waals surface area contributed by atoms with Crippen molar-refractivity contribution >= 4 is 23.5 Å². The van der Waals surface area contributed by atoms with Crippen LogP contribution in [0.25, 0.3) is 5.69 Å². The third kappa shape index (κ3) is 4.17. The Hall–Kier alpha value is -4.28. The molecule has 5 rings (SSSR count). The molecule has 0 radical (unpaired) electrons. The third-order valence-corrected chi connectivity index (χ3v) is 6.77. The number of nitrogens with one attached hydrogen (secondary N) is 1. The van der Waals surface area contributed by atoms with Crippen molar-refractivity contribution in [3.05, 3.63) is 99.3 Å². The lowest BCUT2D eigenvalue weighted by Gasteiger charge is -2.39. The van der Waals surface area contributed by atoms with E-state index in [0.717, 1.165) is 0 Å². The molecule has 0 spiro atoms. The topological polar surface area (TPSA) is 139 Å². The normalized spacial score (nSPS) is 17.2. The van der Waals surface area contributed by atoms with E-state index >= 15 is 0 Å². The Kier molecular flexibility index (Phi) is 6.38. The van der Waals surface area contributed by atoms with Crippen LogP contribution in [0.2, 0.25) is 5.02 Å². The second-order valence-electron chi connectivity index (χ2n) is 9.05. The zero-order valence-corrected chi connectivity index (χ0v) is 21.5.